The van der Waals surface area contributed by atoms with Crippen LogP contribution in [0.25, 0.3) is 0 Å². The Labute approximate surface area is 99.1 Å². The van der Waals surface area contributed by atoms with Crippen molar-refractivity contribution in [3.63, 3.8) is 0 Å². The highest BCUT2D eigenvalue weighted by Gasteiger charge is 2.15. The Kier molecular flexibility index (Phi) is 6.41. The monoisotopic (exact) mass is 230 g/mol. The number of carbonyl (C=O) groups excluding carboxylic acids is 1. The summed E-state index contributed by atoms with van der Waals surface area (Å²) in [5, 5.41) is 5.68. The first kappa shape index (κ1) is 15.2. The molecule has 0 unspecified atom stereocenters. The lowest BCUT2D eigenvalue weighted by atomic mass is 10.1. The van der Waals surface area contributed by atoms with Crippen LogP contribution in [-0.4, -0.2) is 30.8 Å². The molecule has 0 rings (SSSR count). The van der Waals surface area contributed by atoms with Crippen molar-refractivity contribution in [2.45, 2.75) is 53.1 Å². The predicted molar refractivity (Wildman–Crippen MR) is 66.5 cm³/mol. The van der Waals surface area contributed by atoms with Crippen molar-refractivity contribution in [3.8, 4) is 0 Å². The van der Waals surface area contributed by atoms with Gasteiger partial charge in [0.1, 0.15) is 0 Å². The van der Waals surface area contributed by atoms with E-state index < -0.39 is 0 Å². The molecule has 4 nitrogen and oxygen atoms in total. The van der Waals surface area contributed by atoms with Crippen molar-refractivity contribution >= 4 is 6.03 Å². The molecule has 0 aliphatic rings. The van der Waals surface area contributed by atoms with Crippen LogP contribution in [0, 0.1) is 5.92 Å². The molecule has 1 atom stereocenters. The van der Waals surface area contributed by atoms with Gasteiger partial charge in [-0.1, -0.05) is 13.8 Å². The van der Waals surface area contributed by atoms with E-state index in [0.29, 0.717) is 12.5 Å². The molecule has 0 spiro atoms. The van der Waals surface area contributed by atoms with Crippen molar-refractivity contribution in [3.05, 3.63) is 0 Å². The van der Waals surface area contributed by atoms with Gasteiger partial charge >= 0.3 is 6.03 Å². The zero-order chi connectivity index (χ0) is 12.8. The second kappa shape index (κ2) is 6.74. The highest BCUT2D eigenvalue weighted by molar-refractivity contribution is 5.74. The lowest BCUT2D eigenvalue weighted by Gasteiger charge is -2.23. The molecule has 96 valence electrons. The average Bonchev–Trinajstić information content (AvgIpc) is 1.98. The topological polar surface area (TPSA) is 50.4 Å². The van der Waals surface area contributed by atoms with E-state index in [0.717, 1.165) is 6.61 Å². The molecule has 2 amide bonds. The van der Waals surface area contributed by atoms with E-state index >= 15 is 0 Å². The van der Waals surface area contributed by atoms with Gasteiger partial charge in [-0.3, -0.25) is 0 Å². The van der Waals surface area contributed by atoms with E-state index in [1.54, 1.807) is 0 Å². The van der Waals surface area contributed by atoms with Gasteiger partial charge in [0.2, 0.25) is 0 Å². The summed E-state index contributed by atoms with van der Waals surface area (Å²) in [6, 6.07) is -0.116. The average molecular weight is 230 g/mol. The molecule has 0 aromatic rings. The van der Waals surface area contributed by atoms with E-state index in [9.17, 15) is 4.79 Å². The van der Waals surface area contributed by atoms with E-state index in [1.807, 2.05) is 27.7 Å². The maximum Gasteiger partial charge on any atom is 0.315 e. The van der Waals surface area contributed by atoms with Crippen molar-refractivity contribution in [1.82, 2.24) is 10.6 Å². The minimum absolute atomic E-state index is 0.0288. The highest BCUT2D eigenvalue weighted by atomic mass is 16.5. The Morgan fingerprint density at radius 3 is 2.19 bits per heavy atom. The maximum absolute atomic E-state index is 11.5. The Morgan fingerprint density at radius 1 is 1.19 bits per heavy atom. The summed E-state index contributed by atoms with van der Waals surface area (Å²) >= 11 is 0. The molecule has 0 saturated carbocycles. The third-order valence-corrected chi connectivity index (χ3v) is 1.69. The molecule has 16 heavy (non-hydrogen) atoms. The second-order valence-corrected chi connectivity index (χ2v) is 5.68. The van der Waals surface area contributed by atoms with Crippen LogP contribution in [0.5, 0.6) is 0 Å². The predicted octanol–water partition coefficient (Wildman–Crippen LogP) is 2.15. The van der Waals surface area contributed by atoms with Crippen LogP contribution in [-0.2, 0) is 4.74 Å². The van der Waals surface area contributed by atoms with Crippen molar-refractivity contribution in [1.29, 1.82) is 0 Å². The molecule has 0 aliphatic carbocycles. The summed E-state index contributed by atoms with van der Waals surface area (Å²) in [6.07, 6.45) is 0. The van der Waals surface area contributed by atoms with Crippen LogP contribution in [0.1, 0.15) is 41.5 Å². The van der Waals surface area contributed by atoms with Gasteiger partial charge in [0, 0.05) is 12.1 Å². The molecule has 0 fully saturated rings. The van der Waals surface area contributed by atoms with Gasteiger partial charge in [-0.25, -0.2) is 4.79 Å². The van der Waals surface area contributed by atoms with Crippen molar-refractivity contribution in [2.75, 3.05) is 13.2 Å². The molecule has 0 aromatic heterocycles. The normalized spacial score (nSPS) is 13.7. The molecule has 0 aliphatic heterocycles. The minimum atomic E-state index is -0.206. The fourth-order valence-electron chi connectivity index (χ4n) is 1.12. The number of urea groups is 1. The molecular weight excluding hydrogens is 204 g/mol. The highest BCUT2D eigenvalue weighted by Crippen LogP contribution is 1.98. The summed E-state index contributed by atoms with van der Waals surface area (Å²) in [6.45, 7) is 13.3. The first-order chi connectivity index (χ1) is 7.20. The SMILES string of the molecule is CC(C)COC[C@@H](C)NC(=O)NC(C)(C)C. The Hall–Kier alpha value is -0.770. The maximum atomic E-state index is 11.5. The standard InChI is InChI=1S/C12H26N2O2/c1-9(2)7-16-8-10(3)13-11(15)14-12(4,5)6/h9-10H,7-8H2,1-6H3,(H2,13,14,15)/t10-/m1/s1. The van der Waals surface area contributed by atoms with Gasteiger partial charge in [0.25, 0.3) is 0 Å². The van der Waals surface area contributed by atoms with Gasteiger partial charge in [-0.2, -0.15) is 0 Å². The number of amides is 2. The van der Waals surface area contributed by atoms with Gasteiger partial charge in [-0.15, -0.1) is 0 Å². The minimum Gasteiger partial charge on any atom is -0.379 e. The van der Waals surface area contributed by atoms with Crippen molar-refractivity contribution in [2.24, 2.45) is 5.92 Å². The molecule has 0 aromatic carbocycles. The van der Waals surface area contributed by atoms with Crippen molar-refractivity contribution < 1.29 is 9.53 Å². The quantitative estimate of drug-likeness (QED) is 0.760. The Balaban J connectivity index is 3.70. The molecule has 2 N–H and O–H groups in total. The zero-order valence-corrected chi connectivity index (χ0v) is 11.4. The fraction of sp³-hybridized carbons (Fsp3) is 0.917. The first-order valence-electron chi connectivity index (χ1n) is 5.87. The number of rotatable bonds is 5. The van der Waals surface area contributed by atoms with Crippen LogP contribution in [0.2, 0.25) is 0 Å². The van der Waals surface area contributed by atoms with E-state index in [2.05, 4.69) is 24.5 Å². The van der Waals surface area contributed by atoms with Crippen LogP contribution in [0.15, 0.2) is 0 Å². The smallest absolute Gasteiger partial charge is 0.315 e. The summed E-state index contributed by atoms with van der Waals surface area (Å²) in [4.78, 5) is 11.5. The number of hydrogen-bond donors (Lipinski definition) is 2. The number of nitrogens with one attached hydrogen (secondary N) is 2. The largest absolute Gasteiger partial charge is 0.379 e. The lowest BCUT2D eigenvalue weighted by Crippen LogP contribution is -2.49. The van der Waals surface area contributed by atoms with Crippen LogP contribution < -0.4 is 10.6 Å². The number of carbonyl (C=O) groups is 1. The summed E-state index contributed by atoms with van der Waals surface area (Å²) in [5.74, 6) is 0.524. The van der Waals surface area contributed by atoms with Gasteiger partial charge < -0.3 is 15.4 Å². The molecule has 0 heterocycles. The zero-order valence-electron chi connectivity index (χ0n) is 11.4. The van der Waals surface area contributed by atoms with Crippen LogP contribution >= 0.6 is 0 Å². The summed E-state index contributed by atoms with van der Waals surface area (Å²) in [5.41, 5.74) is -0.206. The van der Waals surface area contributed by atoms with Gasteiger partial charge in [0.05, 0.1) is 12.6 Å². The van der Waals surface area contributed by atoms with Crippen LogP contribution in [0.4, 0.5) is 4.79 Å². The Morgan fingerprint density at radius 2 is 1.75 bits per heavy atom. The molecule has 0 bridgehead atoms. The molecule has 0 saturated heterocycles. The summed E-state index contributed by atoms with van der Waals surface area (Å²) < 4.78 is 5.45. The molecular formula is C12H26N2O2. The second-order valence-electron chi connectivity index (χ2n) is 5.68. The number of ether oxygens (including phenoxy) is 1. The van der Waals surface area contributed by atoms with E-state index in [-0.39, 0.29) is 17.6 Å². The van der Waals surface area contributed by atoms with Crippen LogP contribution in [0.3, 0.4) is 0 Å². The van der Waals surface area contributed by atoms with Gasteiger partial charge in [-0.05, 0) is 33.6 Å². The Bertz CT molecular complexity index is 210. The van der Waals surface area contributed by atoms with E-state index in [4.69, 9.17) is 4.74 Å². The lowest BCUT2D eigenvalue weighted by molar-refractivity contribution is 0.0951. The summed E-state index contributed by atoms with van der Waals surface area (Å²) in [7, 11) is 0. The first-order valence-corrected chi connectivity index (χ1v) is 5.87. The van der Waals surface area contributed by atoms with E-state index in [1.165, 1.54) is 0 Å². The molecule has 4 heteroatoms. The fourth-order valence-corrected chi connectivity index (χ4v) is 1.12. The third-order valence-electron chi connectivity index (χ3n) is 1.69. The third kappa shape index (κ3) is 9.77. The van der Waals surface area contributed by atoms with Gasteiger partial charge in [0.15, 0.2) is 0 Å². The number of hydrogen-bond acceptors (Lipinski definition) is 2. The molecule has 0 radical (unpaired) electrons.